The Labute approximate surface area is 197 Å². The minimum Gasteiger partial charge on any atom is -0.377 e. The van der Waals surface area contributed by atoms with Crippen LogP contribution in [0.5, 0.6) is 0 Å². The second-order valence-electron chi connectivity index (χ2n) is 8.23. The largest absolute Gasteiger partial charge is 0.377 e. The number of aldehydes is 1. The molecule has 0 fully saturated rings. The summed E-state index contributed by atoms with van der Waals surface area (Å²) in [5.41, 5.74) is 2.62. The smallest absolute Gasteiger partial charge is 0.256 e. The molecule has 1 unspecified atom stereocenters. The van der Waals surface area contributed by atoms with Gasteiger partial charge in [0.25, 0.3) is 5.91 Å². The molecule has 6 nitrogen and oxygen atoms in total. The van der Waals surface area contributed by atoms with Crippen molar-refractivity contribution in [1.29, 1.82) is 0 Å². The molecule has 0 spiro atoms. The molecule has 0 aliphatic carbocycles. The maximum absolute atomic E-state index is 13.6. The van der Waals surface area contributed by atoms with Gasteiger partial charge in [-0.15, -0.1) is 0 Å². The van der Waals surface area contributed by atoms with E-state index in [2.05, 4.69) is 18.0 Å². The Morgan fingerprint density at radius 3 is 2.64 bits per heavy atom. The number of imidazole rings is 1. The number of amides is 1. The fourth-order valence-electron chi connectivity index (χ4n) is 3.61. The molecule has 6 heteroatoms. The Kier molecular flexibility index (Phi) is 10.9. The van der Waals surface area contributed by atoms with Crippen molar-refractivity contribution in [1.82, 2.24) is 14.5 Å². The van der Waals surface area contributed by atoms with Gasteiger partial charge in [-0.2, -0.15) is 0 Å². The second-order valence-corrected chi connectivity index (χ2v) is 8.23. The summed E-state index contributed by atoms with van der Waals surface area (Å²) in [4.78, 5) is 33.5. The van der Waals surface area contributed by atoms with E-state index in [0.717, 1.165) is 31.4 Å². The van der Waals surface area contributed by atoms with E-state index in [1.807, 2.05) is 85.3 Å². The summed E-state index contributed by atoms with van der Waals surface area (Å²) < 4.78 is 1.98. The topological polar surface area (TPSA) is 58.4 Å². The third kappa shape index (κ3) is 8.22. The van der Waals surface area contributed by atoms with Gasteiger partial charge in [0.05, 0.1) is 17.9 Å². The van der Waals surface area contributed by atoms with Crippen LogP contribution in [0.3, 0.4) is 0 Å². The molecule has 0 N–H and O–H groups in total. The van der Waals surface area contributed by atoms with Crippen LogP contribution >= 0.6 is 0 Å². The van der Waals surface area contributed by atoms with Crippen molar-refractivity contribution in [3.05, 3.63) is 84.5 Å². The van der Waals surface area contributed by atoms with Gasteiger partial charge in [0.15, 0.2) is 0 Å². The second kappa shape index (κ2) is 13.9. The number of aryl methyl sites for hydroxylation is 1. The number of benzene rings is 1. The van der Waals surface area contributed by atoms with Crippen LogP contribution in [0.25, 0.3) is 0 Å². The number of nitrogens with zero attached hydrogens (tertiary/aromatic N) is 4. The quantitative estimate of drug-likeness (QED) is 0.323. The fourth-order valence-corrected chi connectivity index (χ4v) is 3.61. The number of hydrogen-bond donors (Lipinski definition) is 0. The molecule has 1 heterocycles. The molecule has 0 aliphatic heterocycles. The zero-order valence-electron chi connectivity index (χ0n) is 20.2. The van der Waals surface area contributed by atoms with Crippen molar-refractivity contribution in [2.24, 2.45) is 0 Å². The van der Waals surface area contributed by atoms with E-state index >= 15 is 0 Å². The monoisotopic (exact) mass is 448 g/mol. The summed E-state index contributed by atoms with van der Waals surface area (Å²) in [5, 5.41) is 0. The highest BCUT2D eigenvalue weighted by Gasteiger charge is 2.26. The van der Waals surface area contributed by atoms with Gasteiger partial charge < -0.3 is 19.2 Å². The van der Waals surface area contributed by atoms with Crippen molar-refractivity contribution >= 4 is 17.9 Å². The first-order chi connectivity index (χ1) is 16.0. The molecule has 0 aliphatic rings. The molecule has 0 bridgehead atoms. The number of para-hydroxylation sites is 1. The van der Waals surface area contributed by atoms with Crippen LogP contribution in [0.1, 0.15) is 43.5 Å². The summed E-state index contributed by atoms with van der Waals surface area (Å²) in [6.07, 6.45) is 18.3. The van der Waals surface area contributed by atoms with Gasteiger partial charge in [0.1, 0.15) is 6.29 Å². The normalized spacial score (nSPS) is 12.9. The lowest BCUT2D eigenvalue weighted by molar-refractivity contribution is -0.112. The molecule has 2 aromatic rings. The molecule has 1 aromatic carbocycles. The molecular weight excluding hydrogens is 412 g/mol. The van der Waals surface area contributed by atoms with Gasteiger partial charge in [0, 0.05) is 45.3 Å². The Morgan fingerprint density at radius 2 is 1.97 bits per heavy atom. The first-order valence-corrected chi connectivity index (χ1v) is 11.4. The van der Waals surface area contributed by atoms with Crippen LogP contribution in [0.4, 0.5) is 5.69 Å². The van der Waals surface area contributed by atoms with Crippen LogP contribution in [0.2, 0.25) is 0 Å². The number of allylic oxidation sites excluding steroid dienone is 6. The molecule has 2 rings (SSSR count). The van der Waals surface area contributed by atoms with E-state index in [1.165, 1.54) is 5.57 Å². The van der Waals surface area contributed by atoms with E-state index in [1.54, 1.807) is 17.4 Å². The van der Waals surface area contributed by atoms with Gasteiger partial charge in [-0.3, -0.25) is 4.79 Å². The lowest BCUT2D eigenvalue weighted by atomic mass is 10.0. The first-order valence-electron chi connectivity index (χ1n) is 11.4. The first kappa shape index (κ1) is 25.8. The van der Waals surface area contributed by atoms with Crippen LogP contribution in [0, 0.1) is 0 Å². The highest BCUT2D eigenvalue weighted by molar-refractivity contribution is 6.00. The molecule has 0 radical (unpaired) electrons. The van der Waals surface area contributed by atoms with E-state index in [4.69, 9.17) is 0 Å². The average molecular weight is 449 g/mol. The SMILES string of the molecule is C\C=C/C=C\C=C(/C)CCC(C=O)N(CCCn1ccnc1)C(=O)c1ccccc1N(C)C. The number of carbonyl (C=O) groups is 2. The molecule has 1 aromatic heterocycles. The third-order valence-electron chi connectivity index (χ3n) is 5.44. The summed E-state index contributed by atoms with van der Waals surface area (Å²) in [6, 6.07) is 7.06. The van der Waals surface area contributed by atoms with E-state index in [-0.39, 0.29) is 5.91 Å². The molecule has 33 heavy (non-hydrogen) atoms. The maximum Gasteiger partial charge on any atom is 0.256 e. The summed E-state index contributed by atoms with van der Waals surface area (Å²) in [7, 11) is 3.84. The zero-order valence-corrected chi connectivity index (χ0v) is 20.2. The summed E-state index contributed by atoms with van der Waals surface area (Å²) in [6.45, 7) is 5.25. The number of carbonyl (C=O) groups excluding carboxylic acids is 2. The molecule has 0 saturated heterocycles. The molecule has 176 valence electrons. The molecular formula is C27H36N4O2. The van der Waals surface area contributed by atoms with Crippen LogP contribution in [-0.4, -0.2) is 53.3 Å². The number of anilines is 1. The maximum atomic E-state index is 13.6. The van der Waals surface area contributed by atoms with Gasteiger partial charge in [-0.1, -0.05) is 48.1 Å². The number of hydrogen-bond acceptors (Lipinski definition) is 4. The van der Waals surface area contributed by atoms with Crippen molar-refractivity contribution in [3.63, 3.8) is 0 Å². The highest BCUT2D eigenvalue weighted by atomic mass is 16.2. The Balaban J connectivity index is 2.20. The standard InChI is InChI=1S/C27H36N4O2/c1-5-6-7-8-12-23(2)15-16-24(21-32)31(19-11-18-30-20-17-28-22-30)27(33)25-13-9-10-14-26(25)29(3)4/h5-10,12-14,17,20-22,24H,11,15-16,18-19H2,1-4H3/b6-5-,8-7-,23-12+. The molecule has 0 saturated carbocycles. The Hall–Kier alpha value is -3.41. The Bertz CT molecular complexity index is 958. The van der Waals surface area contributed by atoms with Gasteiger partial charge in [-0.05, 0) is 45.2 Å². The van der Waals surface area contributed by atoms with E-state index in [9.17, 15) is 9.59 Å². The summed E-state index contributed by atoms with van der Waals surface area (Å²) in [5.74, 6) is -0.114. The number of rotatable bonds is 13. The van der Waals surface area contributed by atoms with Crippen molar-refractivity contribution in [2.75, 3.05) is 25.5 Å². The van der Waals surface area contributed by atoms with Crippen LogP contribution < -0.4 is 4.90 Å². The Morgan fingerprint density at radius 1 is 1.18 bits per heavy atom. The van der Waals surface area contributed by atoms with Gasteiger partial charge >= 0.3 is 0 Å². The van der Waals surface area contributed by atoms with Crippen molar-refractivity contribution in [3.8, 4) is 0 Å². The zero-order chi connectivity index (χ0) is 24.1. The lowest BCUT2D eigenvalue weighted by Crippen LogP contribution is -2.42. The number of aromatic nitrogens is 2. The predicted octanol–water partition coefficient (Wildman–Crippen LogP) is 4.91. The average Bonchev–Trinajstić information content (AvgIpc) is 3.34. The van der Waals surface area contributed by atoms with Crippen molar-refractivity contribution < 1.29 is 9.59 Å². The fraction of sp³-hybridized carbons (Fsp3) is 0.370. The minimum absolute atomic E-state index is 0.114. The lowest BCUT2D eigenvalue weighted by Gasteiger charge is -2.30. The van der Waals surface area contributed by atoms with Crippen molar-refractivity contribution in [2.45, 2.75) is 45.7 Å². The molecule has 1 atom stereocenters. The van der Waals surface area contributed by atoms with Crippen LogP contribution in [0.15, 0.2) is 78.9 Å². The summed E-state index contributed by atoms with van der Waals surface area (Å²) >= 11 is 0. The highest BCUT2D eigenvalue weighted by Crippen LogP contribution is 2.22. The predicted molar refractivity (Wildman–Crippen MR) is 135 cm³/mol. The van der Waals surface area contributed by atoms with Crippen LogP contribution in [-0.2, 0) is 11.3 Å². The van der Waals surface area contributed by atoms with Gasteiger partial charge in [-0.25, -0.2) is 4.98 Å². The third-order valence-corrected chi connectivity index (χ3v) is 5.44. The van der Waals surface area contributed by atoms with E-state index < -0.39 is 6.04 Å². The van der Waals surface area contributed by atoms with Gasteiger partial charge in [0.2, 0.25) is 0 Å². The van der Waals surface area contributed by atoms with E-state index in [0.29, 0.717) is 18.5 Å². The minimum atomic E-state index is -0.488. The molecule has 1 amide bonds.